The smallest absolute Gasteiger partial charge is 0.0121 e. The van der Waals surface area contributed by atoms with Gasteiger partial charge in [-0.3, -0.25) is 0 Å². The zero-order valence-corrected chi connectivity index (χ0v) is 14.7. The van der Waals surface area contributed by atoms with E-state index in [0.29, 0.717) is 5.41 Å². The van der Waals surface area contributed by atoms with Gasteiger partial charge in [0, 0.05) is 5.41 Å². The second kappa shape index (κ2) is 4.29. The highest BCUT2D eigenvalue weighted by Gasteiger charge is 2.68. The molecular formula is C25H24. The maximum atomic E-state index is 2.65. The van der Waals surface area contributed by atoms with Gasteiger partial charge in [-0.2, -0.15) is 0 Å². The van der Waals surface area contributed by atoms with Crippen LogP contribution in [0.2, 0.25) is 0 Å². The van der Waals surface area contributed by atoms with Gasteiger partial charge in [0.2, 0.25) is 0 Å². The Morgan fingerprint density at radius 3 is 2.44 bits per heavy atom. The lowest BCUT2D eigenvalue weighted by molar-refractivity contribution is 0.0648. The minimum Gasteiger partial charge on any atom is -0.0848 e. The van der Waals surface area contributed by atoms with Crippen LogP contribution in [0.25, 0.3) is 0 Å². The second-order valence-corrected chi connectivity index (χ2v) is 9.24. The lowest BCUT2D eigenvalue weighted by Gasteiger charge is -2.60. The first-order valence-corrected chi connectivity index (χ1v) is 10.3. The van der Waals surface area contributed by atoms with Crippen LogP contribution in [0.4, 0.5) is 0 Å². The van der Waals surface area contributed by atoms with Crippen LogP contribution in [0.5, 0.6) is 0 Å². The molecule has 1 spiro atoms. The van der Waals surface area contributed by atoms with Gasteiger partial charge in [-0.1, -0.05) is 48.6 Å². The molecule has 0 radical (unpaired) electrons. The normalized spacial score (nSPS) is 38.2. The summed E-state index contributed by atoms with van der Waals surface area (Å²) in [5, 5.41) is 0. The van der Waals surface area contributed by atoms with Gasteiger partial charge in [0.1, 0.15) is 0 Å². The van der Waals surface area contributed by atoms with Gasteiger partial charge in [0.05, 0.1) is 0 Å². The van der Waals surface area contributed by atoms with Crippen molar-refractivity contribution >= 4 is 0 Å². The molecule has 2 fully saturated rings. The Balaban J connectivity index is 1.60. The van der Waals surface area contributed by atoms with Crippen LogP contribution in [0, 0.1) is 17.8 Å². The molecule has 0 aromatic heterocycles. The SMILES string of the molecule is C1=C[C@H]2C[C@@H]1[C@H]1C[C@H]3c4cc5ccc4CCc4ccc(cc4[C@]123)CC5. The van der Waals surface area contributed by atoms with Crippen molar-refractivity contribution in [3.8, 4) is 0 Å². The summed E-state index contributed by atoms with van der Waals surface area (Å²) in [5.74, 6) is 3.30. The molecule has 6 bridgehead atoms. The monoisotopic (exact) mass is 324 g/mol. The molecule has 25 heavy (non-hydrogen) atoms. The van der Waals surface area contributed by atoms with Crippen LogP contribution in [0.15, 0.2) is 48.6 Å². The molecular weight excluding hydrogens is 300 g/mol. The number of aryl methyl sites for hydroxylation is 4. The van der Waals surface area contributed by atoms with E-state index in [2.05, 4.69) is 48.6 Å². The molecule has 5 aliphatic rings. The van der Waals surface area contributed by atoms with Crippen LogP contribution >= 0.6 is 0 Å². The Kier molecular flexibility index (Phi) is 2.30. The van der Waals surface area contributed by atoms with E-state index in [1.54, 1.807) is 33.4 Å². The van der Waals surface area contributed by atoms with Gasteiger partial charge >= 0.3 is 0 Å². The van der Waals surface area contributed by atoms with Crippen molar-refractivity contribution in [2.24, 2.45) is 17.8 Å². The van der Waals surface area contributed by atoms with E-state index in [0.717, 1.165) is 23.7 Å². The third-order valence-corrected chi connectivity index (χ3v) is 8.52. The largest absolute Gasteiger partial charge is 0.0848 e. The number of fused-ring (bicyclic) bond motifs is 5. The first-order chi connectivity index (χ1) is 12.3. The first kappa shape index (κ1) is 13.4. The van der Waals surface area contributed by atoms with Gasteiger partial charge < -0.3 is 0 Å². The zero-order valence-electron chi connectivity index (χ0n) is 14.7. The highest BCUT2D eigenvalue weighted by atomic mass is 14.7. The highest BCUT2D eigenvalue weighted by molar-refractivity contribution is 5.55. The van der Waals surface area contributed by atoms with Crippen molar-refractivity contribution in [2.75, 3.05) is 0 Å². The molecule has 0 nitrogen and oxygen atoms in total. The van der Waals surface area contributed by atoms with Crippen LogP contribution in [-0.2, 0) is 31.1 Å². The quantitative estimate of drug-likeness (QED) is 0.589. The predicted octanol–water partition coefficient (Wildman–Crippen LogP) is 5.13. The fraction of sp³-hybridized carbons (Fsp3) is 0.440. The lowest BCUT2D eigenvalue weighted by atomic mass is 9.43. The third kappa shape index (κ3) is 1.44. The predicted molar refractivity (Wildman–Crippen MR) is 101 cm³/mol. The molecule has 0 aliphatic heterocycles. The molecule has 124 valence electrons. The van der Waals surface area contributed by atoms with E-state index in [-0.39, 0.29) is 0 Å². The Hall–Kier alpha value is -1.82. The maximum absolute atomic E-state index is 2.65. The molecule has 2 saturated carbocycles. The number of hydrogen-bond acceptors (Lipinski definition) is 0. The van der Waals surface area contributed by atoms with Crippen molar-refractivity contribution < 1.29 is 0 Å². The minimum absolute atomic E-state index is 0.426. The van der Waals surface area contributed by atoms with E-state index in [1.165, 1.54) is 38.5 Å². The van der Waals surface area contributed by atoms with E-state index in [9.17, 15) is 0 Å². The summed E-state index contributed by atoms with van der Waals surface area (Å²) in [6.07, 6.45) is 12.8. The van der Waals surface area contributed by atoms with E-state index in [4.69, 9.17) is 0 Å². The molecule has 5 atom stereocenters. The average molecular weight is 324 g/mol. The van der Waals surface area contributed by atoms with Gasteiger partial charge in [-0.15, -0.1) is 0 Å². The maximum Gasteiger partial charge on any atom is 0.0121 e. The van der Waals surface area contributed by atoms with Gasteiger partial charge in [0.15, 0.2) is 0 Å². The van der Waals surface area contributed by atoms with Gasteiger partial charge in [-0.25, -0.2) is 0 Å². The van der Waals surface area contributed by atoms with Crippen LogP contribution in [0.3, 0.4) is 0 Å². The Morgan fingerprint density at radius 1 is 0.760 bits per heavy atom. The van der Waals surface area contributed by atoms with Crippen molar-refractivity contribution in [3.63, 3.8) is 0 Å². The van der Waals surface area contributed by atoms with Gasteiger partial charge in [-0.05, 0) is 95.6 Å². The fourth-order valence-corrected chi connectivity index (χ4v) is 7.47. The molecule has 0 N–H and O–H groups in total. The van der Waals surface area contributed by atoms with Crippen LogP contribution in [-0.4, -0.2) is 0 Å². The summed E-state index contributed by atoms with van der Waals surface area (Å²) in [5.41, 5.74) is 10.4. The minimum atomic E-state index is 0.426. The topological polar surface area (TPSA) is 0 Å². The Morgan fingerprint density at radius 2 is 1.56 bits per heavy atom. The highest BCUT2D eigenvalue weighted by Crippen LogP contribution is 2.73. The van der Waals surface area contributed by atoms with Gasteiger partial charge in [0.25, 0.3) is 0 Å². The van der Waals surface area contributed by atoms with Crippen LogP contribution < -0.4 is 0 Å². The third-order valence-electron chi connectivity index (χ3n) is 8.52. The number of benzene rings is 2. The number of rotatable bonds is 0. The van der Waals surface area contributed by atoms with E-state index in [1.807, 2.05) is 0 Å². The summed E-state index contributed by atoms with van der Waals surface area (Å²) < 4.78 is 0. The molecule has 5 aliphatic carbocycles. The summed E-state index contributed by atoms with van der Waals surface area (Å²) in [6, 6.07) is 15.1. The molecule has 7 rings (SSSR count). The standard InChI is InChI=1S/C25H24/c1-2-16-4-6-18-8-7-17-5-3-15(1)11-21(17)24-14-23-19-9-10-20(13-19)25(23,24)22(18)12-16/h3-6,9-12,19-20,23-24H,1-2,7-8,13-14H2/t19-,20+,23-,24+,25+/m1/s1. The van der Waals surface area contributed by atoms with Crippen molar-refractivity contribution in [3.05, 3.63) is 81.9 Å². The van der Waals surface area contributed by atoms with Crippen molar-refractivity contribution in [2.45, 2.75) is 49.9 Å². The number of hydrogen-bond donors (Lipinski definition) is 0. The summed E-state index contributed by atoms with van der Waals surface area (Å²) in [6.45, 7) is 0. The fourth-order valence-electron chi connectivity index (χ4n) is 7.47. The zero-order chi connectivity index (χ0) is 16.2. The summed E-state index contributed by atoms with van der Waals surface area (Å²) in [7, 11) is 0. The molecule has 2 aromatic carbocycles. The van der Waals surface area contributed by atoms with Crippen LogP contribution in [0.1, 0.15) is 52.1 Å². The molecule has 0 heteroatoms. The average Bonchev–Trinajstić information content (AvgIpc) is 3.14. The second-order valence-electron chi connectivity index (χ2n) is 9.24. The molecule has 0 unspecified atom stereocenters. The van der Waals surface area contributed by atoms with E-state index < -0.39 is 0 Å². The summed E-state index contributed by atoms with van der Waals surface area (Å²) in [4.78, 5) is 0. The molecule has 0 amide bonds. The van der Waals surface area contributed by atoms with Crippen molar-refractivity contribution in [1.82, 2.24) is 0 Å². The Bertz CT molecular complexity index is 949. The number of allylic oxidation sites excluding steroid dienone is 2. The van der Waals surface area contributed by atoms with Crippen molar-refractivity contribution in [1.29, 1.82) is 0 Å². The lowest BCUT2D eigenvalue weighted by Crippen LogP contribution is -2.55. The Labute approximate surface area is 150 Å². The van der Waals surface area contributed by atoms with E-state index >= 15 is 0 Å². The molecule has 2 aromatic rings. The summed E-state index contributed by atoms with van der Waals surface area (Å²) >= 11 is 0. The molecule has 0 heterocycles. The first-order valence-electron chi connectivity index (χ1n) is 10.3. The molecule has 0 saturated heterocycles.